The number of unbranched alkanes of at least 4 members (excludes halogenated alkanes) is 1. The smallest absolute Gasteiger partial charge is 0.344 e. The number of nitrogens with one attached hydrogen (secondary N) is 1. The number of esters is 1. The number of H-pyrrole nitrogens is 1. The van der Waals surface area contributed by atoms with Crippen LogP contribution in [0.4, 0.5) is 0 Å². The van der Waals surface area contributed by atoms with Crippen LogP contribution in [0, 0.1) is 6.92 Å². The molecule has 0 spiro atoms. The summed E-state index contributed by atoms with van der Waals surface area (Å²) in [4.78, 5) is 32.9. The number of rotatable bonds is 8. The zero-order valence-corrected chi connectivity index (χ0v) is 19.0. The first-order valence-corrected chi connectivity index (χ1v) is 11.2. The highest BCUT2D eigenvalue weighted by molar-refractivity contribution is 7.25. The molecule has 0 amide bonds. The Kier molecular flexibility index (Phi) is 6.41. The van der Waals surface area contributed by atoms with Crippen LogP contribution in [0.15, 0.2) is 41.2 Å². The maximum atomic E-state index is 12.8. The fourth-order valence-electron chi connectivity index (χ4n) is 3.37. The summed E-state index contributed by atoms with van der Waals surface area (Å²) in [6, 6.07) is 11.2. The SMILES string of the molecule is CCCCOC(=O)COc1ccc(-c2nc3sc4cc(C)ccc4c3c(=O)[nH]2)cc1OC. The van der Waals surface area contributed by atoms with Crippen LogP contribution in [0.3, 0.4) is 0 Å². The lowest BCUT2D eigenvalue weighted by Gasteiger charge is -2.12. The number of methoxy groups -OCH3 is 1. The van der Waals surface area contributed by atoms with Crippen LogP contribution in [0.25, 0.3) is 31.7 Å². The Hall–Kier alpha value is -3.39. The highest BCUT2D eigenvalue weighted by Crippen LogP contribution is 2.34. The number of ether oxygens (including phenoxy) is 3. The van der Waals surface area contributed by atoms with Crippen LogP contribution < -0.4 is 15.0 Å². The second kappa shape index (κ2) is 9.40. The molecular formula is C24H24N2O5S. The third-order valence-corrected chi connectivity index (χ3v) is 6.09. The summed E-state index contributed by atoms with van der Waals surface area (Å²) in [6.45, 7) is 4.22. The second-order valence-electron chi connectivity index (χ2n) is 7.42. The highest BCUT2D eigenvalue weighted by Gasteiger charge is 2.15. The number of thiophene rings is 1. The summed E-state index contributed by atoms with van der Waals surface area (Å²) in [5.74, 6) is 0.846. The number of aromatic nitrogens is 2. The number of benzene rings is 2. The van der Waals surface area contributed by atoms with Crippen molar-refractivity contribution in [3.8, 4) is 22.9 Å². The third kappa shape index (κ3) is 4.45. The van der Waals surface area contributed by atoms with Gasteiger partial charge < -0.3 is 19.2 Å². The van der Waals surface area contributed by atoms with E-state index in [1.165, 1.54) is 18.4 Å². The lowest BCUT2D eigenvalue weighted by Crippen LogP contribution is -2.15. The minimum absolute atomic E-state index is 0.186. The number of nitrogens with zero attached hydrogens (tertiary/aromatic N) is 1. The Balaban J connectivity index is 1.61. The molecule has 0 bridgehead atoms. The molecule has 4 aromatic rings. The van der Waals surface area contributed by atoms with E-state index in [2.05, 4.69) is 16.0 Å². The normalized spacial score (nSPS) is 11.1. The summed E-state index contributed by atoms with van der Waals surface area (Å²) >= 11 is 1.49. The van der Waals surface area contributed by atoms with E-state index in [9.17, 15) is 9.59 Å². The van der Waals surface area contributed by atoms with Crippen LogP contribution in [0.1, 0.15) is 25.3 Å². The molecule has 32 heavy (non-hydrogen) atoms. The summed E-state index contributed by atoms with van der Waals surface area (Å²) in [6.07, 6.45) is 1.77. The Labute approximate surface area is 189 Å². The van der Waals surface area contributed by atoms with E-state index in [0.717, 1.165) is 28.5 Å². The molecule has 0 fully saturated rings. The van der Waals surface area contributed by atoms with Gasteiger partial charge in [0.25, 0.3) is 5.56 Å². The van der Waals surface area contributed by atoms with E-state index in [-0.39, 0.29) is 12.2 Å². The van der Waals surface area contributed by atoms with Crippen LogP contribution in [-0.4, -0.2) is 36.3 Å². The number of hydrogen-bond acceptors (Lipinski definition) is 7. The molecular weight excluding hydrogens is 428 g/mol. The predicted molar refractivity (Wildman–Crippen MR) is 126 cm³/mol. The number of aromatic amines is 1. The average Bonchev–Trinajstić information content (AvgIpc) is 3.15. The largest absolute Gasteiger partial charge is 0.493 e. The van der Waals surface area contributed by atoms with E-state index >= 15 is 0 Å². The fraction of sp³-hybridized carbons (Fsp3) is 0.292. The van der Waals surface area contributed by atoms with Gasteiger partial charge in [-0.2, -0.15) is 0 Å². The second-order valence-corrected chi connectivity index (χ2v) is 8.46. The van der Waals surface area contributed by atoms with Crippen molar-refractivity contribution in [2.75, 3.05) is 20.3 Å². The first-order valence-electron chi connectivity index (χ1n) is 10.4. The molecule has 0 aliphatic rings. The van der Waals surface area contributed by atoms with Gasteiger partial charge >= 0.3 is 5.97 Å². The predicted octanol–water partition coefficient (Wildman–Crippen LogP) is 4.84. The number of hydrogen-bond donors (Lipinski definition) is 1. The zero-order chi connectivity index (χ0) is 22.7. The van der Waals surface area contributed by atoms with Crippen LogP contribution >= 0.6 is 11.3 Å². The van der Waals surface area contributed by atoms with E-state index in [4.69, 9.17) is 14.2 Å². The van der Waals surface area contributed by atoms with Gasteiger partial charge in [0.15, 0.2) is 18.1 Å². The molecule has 0 aliphatic carbocycles. The maximum Gasteiger partial charge on any atom is 0.344 e. The Morgan fingerprint density at radius 3 is 2.78 bits per heavy atom. The van der Waals surface area contributed by atoms with Gasteiger partial charge in [0.1, 0.15) is 10.7 Å². The fourth-order valence-corrected chi connectivity index (χ4v) is 4.54. The van der Waals surface area contributed by atoms with Crippen molar-refractivity contribution >= 4 is 37.6 Å². The quantitative estimate of drug-likeness (QED) is 0.304. The van der Waals surface area contributed by atoms with Gasteiger partial charge in [-0.25, -0.2) is 9.78 Å². The minimum atomic E-state index is -0.430. The first kappa shape index (κ1) is 21.8. The Bertz CT molecular complexity index is 1340. The van der Waals surface area contributed by atoms with Gasteiger partial charge in [-0.05, 0) is 43.2 Å². The molecule has 0 unspecified atom stereocenters. The molecule has 0 radical (unpaired) electrons. The first-order chi connectivity index (χ1) is 15.5. The monoisotopic (exact) mass is 452 g/mol. The van der Waals surface area contributed by atoms with E-state index in [0.29, 0.717) is 39.7 Å². The number of carbonyl (C=O) groups is 1. The molecule has 166 valence electrons. The molecule has 8 heteroatoms. The van der Waals surface area contributed by atoms with Gasteiger partial charge in [-0.1, -0.05) is 25.5 Å². The minimum Gasteiger partial charge on any atom is -0.493 e. The van der Waals surface area contributed by atoms with Gasteiger partial charge in [0, 0.05) is 15.6 Å². The summed E-state index contributed by atoms with van der Waals surface area (Å²) in [5, 5.41) is 1.50. The van der Waals surface area contributed by atoms with Crippen LogP contribution in [0.2, 0.25) is 0 Å². The van der Waals surface area contributed by atoms with Crippen molar-refractivity contribution in [3.05, 3.63) is 52.3 Å². The van der Waals surface area contributed by atoms with Gasteiger partial charge in [0.05, 0.1) is 19.1 Å². The molecule has 2 heterocycles. The van der Waals surface area contributed by atoms with Crippen molar-refractivity contribution < 1.29 is 19.0 Å². The Morgan fingerprint density at radius 1 is 1.16 bits per heavy atom. The average molecular weight is 453 g/mol. The molecule has 1 N–H and O–H groups in total. The summed E-state index contributed by atoms with van der Waals surface area (Å²) in [7, 11) is 1.51. The van der Waals surface area contributed by atoms with Crippen molar-refractivity contribution in [1.29, 1.82) is 0 Å². The molecule has 2 aromatic carbocycles. The molecule has 2 aromatic heterocycles. The number of carbonyl (C=O) groups excluding carboxylic acids is 1. The number of aryl methyl sites for hydroxylation is 1. The standard InChI is InChI=1S/C24H24N2O5S/c1-4-5-10-30-20(27)13-31-17-9-7-15(12-18(17)29-3)22-25-23(28)21-16-8-6-14(2)11-19(16)32-24(21)26-22/h6-9,11-12H,4-5,10,13H2,1-3H3,(H,25,26,28). The maximum absolute atomic E-state index is 12.8. The van der Waals surface area contributed by atoms with Crippen LogP contribution in [-0.2, 0) is 9.53 Å². The van der Waals surface area contributed by atoms with Crippen molar-refractivity contribution in [3.63, 3.8) is 0 Å². The summed E-state index contributed by atoms with van der Waals surface area (Å²) in [5.41, 5.74) is 1.62. The zero-order valence-electron chi connectivity index (χ0n) is 18.2. The van der Waals surface area contributed by atoms with E-state index < -0.39 is 5.97 Å². The molecule has 0 saturated heterocycles. The lowest BCUT2D eigenvalue weighted by molar-refractivity contribution is -0.146. The van der Waals surface area contributed by atoms with Crippen molar-refractivity contribution in [2.24, 2.45) is 0 Å². The van der Waals surface area contributed by atoms with Crippen LogP contribution in [0.5, 0.6) is 11.5 Å². The van der Waals surface area contributed by atoms with E-state index in [1.807, 2.05) is 26.0 Å². The molecule has 4 rings (SSSR count). The third-order valence-electron chi connectivity index (χ3n) is 5.04. The molecule has 0 atom stereocenters. The number of fused-ring (bicyclic) bond motifs is 3. The van der Waals surface area contributed by atoms with Gasteiger partial charge in [0.2, 0.25) is 0 Å². The van der Waals surface area contributed by atoms with Crippen molar-refractivity contribution in [2.45, 2.75) is 26.7 Å². The van der Waals surface area contributed by atoms with Gasteiger partial charge in [-0.15, -0.1) is 11.3 Å². The van der Waals surface area contributed by atoms with E-state index in [1.54, 1.807) is 18.2 Å². The highest BCUT2D eigenvalue weighted by atomic mass is 32.1. The van der Waals surface area contributed by atoms with Gasteiger partial charge in [-0.3, -0.25) is 4.79 Å². The summed E-state index contributed by atoms with van der Waals surface area (Å²) < 4.78 is 17.1. The molecule has 0 aliphatic heterocycles. The molecule has 7 nitrogen and oxygen atoms in total. The molecule has 0 saturated carbocycles. The Morgan fingerprint density at radius 2 is 2.00 bits per heavy atom. The topological polar surface area (TPSA) is 90.5 Å². The van der Waals surface area contributed by atoms with Crippen molar-refractivity contribution in [1.82, 2.24) is 9.97 Å². The lowest BCUT2D eigenvalue weighted by atomic mass is 10.1.